The van der Waals surface area contributed by atoms with Crippen LogP contribution in [0.4, 0.5) is 0 Å². The quantitative estimate of drug-likeness (QED) is 0.724. The Kier molecular flexibility index (Phi) is 6.14. The molecule has 0 aliphatic carbocycles. The summed E-state index contributed by atoms with van der Waals surface area (Å²) >= 11 is 5.10. The highest BCUT2D eigenvalue weighted by atomic mass is 79.9. The maximum Gasteiger partial charge on any atom is 0.172 e. The third kappa shape index (κ3) is 4.71. The van der Waals surface area contributed by atoms with Crippen molar-refractivity contribution in [1.82, 2.24) is 0 Å². The lowest BCUT2D eigenvalue weighted by atomic mass is 10.1. The zero-order valence-corrected chi connectivity index (χ0v) is 12.1. The molecule has 1 nitrogen and oxygen atoms in total. The summed E-state index contributed by atoms with van der Waals surface area (Å²) in [6, 6.07) is 7.59. The van der Waals surface area contributed by atoms with Gasteiger partial charge in [-0.1, -0.05) is 48.3 Å². The van der Waals surface area contributed by atoms with Crippen molar-refractivity contribution in [3.05, 3.63) is 34.3 Å². The van der Waals surface area contributed by atoms with Gasteiger partial charge >= 0.3 is 0 Å². The van der Waals surface area contributed by atoms with Crippen LogP contribution in [0.15, 0.2) is 28.7 Å². The average molecular weight is 301 g/mol. The van der Waals surface area contributed by atoms with Crippen LogP contribution in [-0.2, 0) is 0 Å². The second-order valence-electron chi connectivity index (χ2n) is 3.96. The number of rotatable bonds is 6. The summed E-state index contributed by atoms with van der Waals surface area (Å²) in [5.74, 6) is 2.56. The Balaban J connectivity index is 2.41. The predicted octanol–water partition coefficient (Wildman–Crippen LogP) is 4.41. The Morgan fingerprint density at radius 2 is 2.25 bits per heavy atom. The van der Waals surface area contributed by atoms with E-state index in [1.807, 2.05) is 24.3 Å². The molecule has 16 heavy (non-hydrogen) atoms. The summed E-state index contributed by atoms with van der Waals surface area (Å²) in [7, 11) is 0. The first-order valence-corrected chi connectivity index (χ1v) is 7.44. The highest BCUT2D eigenvalue weighted by Crippen LogP contribution is 2.16. The molecule has 1 unspecified atom stereocenters. The van der Waals surface area contributed by atoms with Crippen LogP contribution in [0, 0.1) is 5.92 Å². The fourth-order valence-corrected chi connectivity index (χ4v) is 2.72. The van der Waals surface area contributed by atoms with Gasteiger partial charge in [-0.15, -0.1) is 0 Å². The molecule has 0 aliphatic heterocycles. The van der Waals surface area contributed by atoms with Gasteiger partial charge < -0.3 is 0 Å². The normalized spacial score (nSPS) is 12.4. The molecule has 1 aromatic rings. The Labute approximate surface area is 110 Å². The van der Waals surface area contributed by atoms with E-state index in [1.165, 1.54) is 6.42 Å². The lowest BCUT2D eigenvalue weighted by molar-refractivity contribution is 0.102. The van der Waals surface area contributed by atoms with Gasteiger partial charge in [0.05, 0.1) is 5.75 Å². The Bertz CT molecular complexity index is 352. The zero-order valence-electron chi connectivity index (χ0n) is 9.70. The van der Waals surface area contributed by atoms with Crippen LogP contribution in [-0.4, -0.2) is 17.3 Å². The predicted molar refractivity (Wildman–Crippen MR) is 75.3 cm³/mol. The molecule has 0 bridgehead atoms. The van der Waals surface area contributed by atoms with Crippen molar-refractivity contribution in [2.45, 2.75) is 20.3 Å². The minimum atomic E-state index is 0.217. The number of thioether (sulfide) groups is 1. The van der Waals surface area contributed by atoms with E-state index in [4.69, 9.17) is 0 Å². The number of hydrogen-bond donors (Lipinski definition) is 0. The van der Waals surface area contributed by atoms with Crippen LogP contribution in [0.1, 0.15) is 30.6 Å². The lowest BCUT2D eigenvalue weighted by Gasteiger charge is -2.07. The van der Waals surface area contributed by atoms with E-state index in [2.05, 4.69) is 29.8 Å². The summed E-state index contributed by atoms with van der Waals surface area (Å²) in [4.78, 5) is 11.8. The minimum absolute atomic E-state index is 0.217. The molecular weight excluding hydrogens is 284 g/mol. The lowest BCUT2D eigenvalue weighted by Crippen LogP contribution is -2.05. The summed E-state index contributed by atoms with van der Waals surface area (Å²) < 4.78 is 0.963. The number of ketones is 1. The van der Waals surface area contributed by atoms with Crippen LogP contribution < -0.4 is 0 Å². The van der Waals surface area contributed by atoms with E-state index in [0.29, 0.717) is 11.7 Å². The fourth-order valence-electron chi connectivity index (χ4n) is 1.22. The average Bonchev–Trinajstić information content (AvgIpc) is 2.28. The van der Waals surface area contributed by atoms with Crippen molar-refractivity contribution in [3.63, 3.8) is 0 Å². The van der Waals surface area contributed by atoms with E-state index in [1.54, 1.807) is 11.8 Å². The number of halogens is 1. The van der Waals surface area contributed by atoms with Gasteiger partial charge in [-0.2, -0.15) is 11.8 Å². The highest BCUT2D eigenvalue weighted by molar-refractivity contribution is 9.10. The molecule has 0 N–H and O–H groups in total. The molecule has 0 fully saturated rings. The van der Waals surface area contributed by atoms with Gasteiger partial charge in [0.2, 0.25) is 0 Å². The summed E-state index contributed by atoms with van der Waals surface area (Å²) in [6.45, 7) is 4.40. The van der Waals surface area contributed by atoms with Gasteiger partial charge in [0.25, 0.3) is 0 Å². The second-order valence-corrected chi connectivity index (χ2v) is 5.91. The molecule has 0 aliphatic rings. The van der Waals surface area contributed by atoms with Crippen LogP contribution >= 0.6 is 27.7 Å². The second kappa shape index (κ2) is 7.13. The van der Waals surface area contributed by atoms with Gasteiger partial charge in [0, 0.05) is 10.0 Å². The molecule has 0 saturated heterocycles. The Hall–Kier alpha value is -0.280. The smallest absolute Gasteiger partial charge is 0.172 e. The Morgan fingerprint density at radius 1 is 1.50 bits per heavy atom. The third-order valence-electron chi connectivity index (χ3n) is 2.48. The van der Waals surface area contributed by atoms with Gasteiger partial charge in [-0.25, -0.2) is 0 Å². The molecule has 0 aromatic heterocycles. The van der Waals surface area contributed by atoms with Gasteiger partial charge in [0.1, 0.15) is 0 Å². The molecule has 0 saturated carbocycles. The number of Topliss-reactive ketones (excluding diaryl/α,β-unsaturated/α-hetero) is 1. The van der Waals surface area contributed by atoms with Crippen LogP contribution in [0.2, 0.25) is 0 Å². The van der Waals surface area contributed by atoms with Gasteiger partial charge in [-0.05, 0) is 23.8 Å². The number of hydrogen-bond acceptors (Lipinski definition) is 2. The van der Waals surface area contributed by atoms with Crippen molar-refractivity contribution >= 4 is 33.5 Å². The summed E-state index contributed by atoms with van der Waals surface area (Å²) in [5.41, 5.74) is 0.797. The molecule has 0 spiro atoms. The largest absolute Gasteiger partial charge is 0.293 e. The molecule has 0 heterocycles. The SMILES string of the molecule is CCC(C)CSCC(=O)c1cccc(Br)c1. The molecule has 88 valence electrons. The first kappa shape index (κ1) is 13.8. The number of benzene rings is 1. The molecule has 0 radical (unpaired) electrons. The molecule has 0 amide bonds. The van der Waals surface area contributed by atoms with E-state index in [9.17, 15) is 4.79 Å². The molecule has 1 atom stereocenters. The molecule has 3 heteroatoms. The van der Waals surface area contributed by atoms with E-state index in [0.717, 1.165) is 15.8 Å². The number of carbonyl (C=O) groups excluding carboxylic acids is 1. The Morgan fingerprint density at radius 3 is 2.88 bits per heavy atom. The van der Waals surface area contributed by atoms with Crippen molar-refractivity contribution in [2.75, 3.05) is 11.5 Å². The maximum atomic E-state index is 11.8. The van der Waals surface area contributed by atoms with Crippen molar-refractivity contribution in [3.8, 4) is 0 Å². The maximum absolute atomic E-state index is 11.8. The van der Waals surface area contributed by atoms with E-state index in [-0.39, 0.29) is 5.78 Å². The molecular formula is C13H17BrOS. The molecule has 1 aromatic carbocycles. The monoisotopic (exact) mass is 300 g/mol. The van der Waals surface area contributed by atoms with E-state index < -0.39 is 0 Å². The first-order chi connectivity index (χ1) is 7.63. The molecule has 1 rings (SSSR count). The van der Waals surface area contributed by atoms with Crippen LogP contribution in [0.5, 0.6) is 0 Å². The van der Waals surface area contributed by atoms with Crippen LogP contribution in [0.25, 0.3) is 0 Å². The van der Waals surface area contributed by atoms with Crippen molar-refractivity contribution in [1.29, 1.82) is 0 Å². The van der Waals surface area contributed by atoms with Crippen LogP contribution in [0.3, 0.4) is 0 Å². The van der Waals surface area contributed by atoms with Gasteiger partial charge in [0.15, 0.2) is 5.78 Å². The fraction of sp³-hybridized carbons (Fsp3) is 0.462. The third-order valence-corrected chi connectivity index (χ3v) is 4.24. The standard InChI is InChI=1S/C13H17BrOS/c1-3-10(2)8-16-9-13(15)11-5-4-6-12(14)7-11/h4-7,10H,3,8-9H2,1-2H3. The van der Waals surface area contributed by atoms with Gasteiger partial charge in [-0.3, -0.25) is 4.79 Å². The zero-order chi connectivity index (χ0) is 12.0. The van der Waals surface area contributed by atoms with Crippen molar-refractivity contribution in [2.24, 2.45) is 5.92 Å². The first-order valence-electron chi connectivity index (χ1n) is 5.50. The number of carbonyl (C=O) groups is 1. The topological polar surface area (TPSA) is 17.1 Å². The highest BCUT2D eigenvalue weighted by Gasteiger charge is 2.07. The summed E-state index contributed by atoms with van der Waals surface area (Å²) in [6.07, 6.45) is 1.18. The minimum Gasteiger partial charge on any atom is -0.293 e. The van der Waals surface area contributed by atoms with E-state index >= 15 is 0 Å². The summed E-state index contributed by atoms with van der Waals surface area (Å²) in [5, 5.41) is 0. The van der Waals surface area contributed by atoms with Crippen molar-refractivity contribution < 1.29 is 4.79 Å².